The molecule has 1 saturated carbocycles. The van der Waals surface area contributed by atoms with E-state index in [0.717, 1.165) is 29.2 Å². The molecular formula is C24H27N9O2. The van der Waals surface area contributed by atoms with Gasteiger partial charge in [0.05, 0.1) is 11.9 Å². The number of nitrogen functional groups attached to an aromatic ring is 1. The van der Waals surface area contributed by atoms with Crippen LogP contribution in [0.25, 0.3) is 16.6 Å². The first kappa shape index (κ1) is 22.7. The molecule has 1 fully saturated rings. The van der Waals surface area contributed by atoms with Gasteiger partial charge in [-0.05, 0) is 41.0 Å². The van der Waals surface area contributed by atoms with Gasteiger partial charge in [0.25, 0.3) is 5.91 Å². The molecule has 35 heavy (non-hydrogen) atoms. The zero-order valence-corrected chi connectivity index (χ0v) is 19.5. The summed E-state index contributed by atoms with van der Waals surface area (Å²) in [6.45, 7) is 0.430. The fourth-order valence-corrected chi connectivity index (χ4v) is 4.59. The molecule has 2 aromatic carbocycles. The van der Waals surface area contributed by atoms with Crippen LogP contribution in [0.5, 0.6) is 0 Å². The minimum Gasteiger partial charge on any atom is -0.378 e. The van der Waals surface area contributed by atoms with Crippen molar-refractivity contribution in [1.29, 1.82) is 0 Å². The number of benzene rings is 2. The van der Waals surface area contributed by atoms with E-state index in [1.807, 2.05) is 49.5 Å². The third-order valence-electron chi connectivity index (χ3n) is 6.46. The van der Waals surface area contributed by atoms with Gasteiger partial charge in [0.1, 0.15) is 0 Å². The highest BCUT2D eigenvalue weighted by Crippen LogP contribution is 2.24. The number of anilines is 1. The summed E-state index contributed by atoms with van der Waals surface area (Å²) >= 11 is 0. The summed E-state index contributed by atoms with van der Waals surface area (Å²) in [5.41, 5.74) is 10.1. The zero-order chi connectivity index (χ0) is 24.2. The summed E-state index contributed by atoms with van der Waals surface area (Å²) in [5, 5.41) is 22.0. The number of fused-ring (bicyclic) bond motifs is 1. The van der Waals surface area contributed by atoms with Gasteiger partial charge in [-0.3, -0.25) is 9.69 Å². The maximum absolute atomic E-state index is 13.1. The van der Waals surface area contributed by atoms with Crippen molar-refractivity contribution in [2.24, 2.45) is 5.10 Å². The summed E-state index contributed by atoms with van der Waals surface area (Å²) in [6, 6.07) is 14.3. The largest absolute Gasteiger partial charge is 0.378 e. The molecule has 0 radical (unpaired) electrons. The SMILES string of the molecule is CN(Cc1c(C(=O)NN=Cc2cccc3ccccc23)nnn1-c1nonc1N)C1CCCCC1. The van der Waals surface area contributed by atoms with Crippen LogP contribution in [-0.4, -0.2) is 55.4 Å². The minimum absolute atomic E-state index is 0.0670. The number of hydrazone groups is 1. The number of nitrogens with one attached hydrogen (secondary N) is 1. The summed E-state index contributed by atoms with van der Waals surface area (Å²) < 4.78 is 6.15. The average molecular weight is 474 g/mol. The van der Waals surface area contributed by atoms with Crippen LogP contribution in [0.15, 0.2) is 52.2 Å². The number of hydrogen-bond donors (Lipinski definition) is 2. The summed E-state index contributed by atoms with van der Waals surface area (Å²) in [6.07, 6.45) is 7.50. The number of hydrogen-bond acceptors (Lipinski definition) is 9. The van der Waals surface area contributed by atoms with E-state index in [0.29, 0.717) is 18.3 Å². The van der Waals surface area contributed by atoms with E-state index in [1.165, 1.54) is 23.9 Å². The minimum atomic E-state index is -0.477. The van der Waals surface area contributed by atoms with E-state index in [-0.39, 0.29) is 17.3 Å². The molecule has 5 rings (SSSR count). The van der Waals surface area contributed by atoms with Crippen molar-refractivity contribution in [3.05, 3.63) is 59.4 Å². The van der Waals surface area contributed by atoms with Gasteiger partial charge in [-0.25, -0.2) is 10.1 Å². The van der Waals surface area contributed by atoms with E-state index < -0.39 is 5.91 Å². The van der Waals surface area contributed by atoms with Gasteiger partial charge in [0.2, 0.25) is 11.6 Å². The van der Waals surface area contributed by atoms with Gasteiger partial charge in [-0.2, -0.15) is 9.78 Å². The highest BCUT2D eigenvalue weighted by atomic mass is 16.6. The average Bonchev–Trinajstić information content (AvgIpc) is 3.50. The Hall–Kier alpha value is -4.12. The molecule has 1 aliphatic carbocycles. The molecule has 11 nitrogen and oxygen atoms in total. The molecule has 11 heteroatoms. The molecule has 0 atom stereocenters. The normalized spacial score (nSPS) is 14.8. The number of amides is 1. The van der Waals surface area contributed by atoms with Crippen molar-refractivity contribution in [3.63, 3.8) is 0 Å². The highest BCUT2D eigenvalue weighted by molar-refractivity contribution is 6.00. The summed E-state index contributed by atoms with van der Waals surface area (Å²) in [4.78, 5) is 15.3. The van der Waals surface area contributed by atoms with E-state index in [1.54, 1.807) is 6.21 Å². The Kier molecular flexibility index (Phi) is 6.49. The lowest BCUT2D eigenvalue weighted by atomic mass is 9.94. The van der Waals surface area contributed by atoms with E-state index >= 15 is 0 Å². The highest BCUT2D eigenvalue weighted by Gasteiger charge is 2.27. The quantitative estimate of drug-likeness (QED) is 0.308. The number of nitrogens with zero attached hydrogens (tertiary/aromatic N) is 7. The Balaban J connectivity index is 1.40. The maximum Gasteiger partial charge on any atom is 0.293 e. The Bertz CT molecular complexity index is 1350. The van der Waals surface area contributed by atoms with Crippen LogP contribution in [0.3, 0.4) is 0 Å². The van der Waals surface area contributed by atoms with E-state index in [2.05, 4.69) is 36.1 Å². The molecule has 1 aliphatic rings. The van der Waals surface area contributed by atoms with Crippen LogP contribution in [0.1, 0.15) is 53.8 Å². The molecule has 4 aromatic rings. The first-order valence-electron chi connectivity index (χ1n) is 11.7. The molecule has 1 amide bonds. The van der Waals surface area contributed by atoms with Gasteiger partial charge in [0, 0.05) is 18.2 Å². The molecule has 3 N–H and O–H groups in total. The second-order valence-electron chi connectivity index (χ2n) is 8.74. The third kappa shape index (κ3) is 4.76. The topological polar surface area (TPSA) is 140 Å². The van der Waals surface area contributed by atoms with E-state index in [9.17, 15) is 4.79 Å². The molecule has 180 valence electrons. The predicted octanol–water partition coefficient (Wildman–Crippen LogP) is 2.91. The van der Waals surface area contributed by atoms with Crippen molar-refractivity contribution in [1.82, 2.24) is 35.6 Å². The van der Waals surface area contributed by atoms with Gasteiger partial charge in [0.15, 0.2) is 5.69 Å². The number of carbonyl (C=O) groups excluding carboxylic acids is 1. The summed E-state index contributed by atoms with van der Waals surface area (Å²) in [7, 11) is 2.04. The van der Waals surface area contributed by atoms with Gasteiger partial charge >= 0.3 is 0 Å². The van der Waals surface area contributed by atoms with Crippen LogP contribution in [-0.2, 0) is 6.54 Å². The zero-order valence-electron chi connectivity index (χ0n) is 19.5. The molecule has 2 aromatic heterocycles. The van der Waals surface area contributed by atoms with Crippen LogP contribution in [0.4, 0.5) is 5.82 Å². The van der Waals surface area contributed by atoms with Gasteiger partial charge < -0.3 is 5.73 Å². The lowest BCUT2D eigenvalue weighted by Crippen LogP contribution is -2.34. The Morgan fingerprint density at radius 2 is 2.00 bits per heavy atom. The number of rotatable bonds is 7. The lowest BCUT2D eigenvalue weighted by molar-refractivity contribution is 0.0947. The first-order valence-corrected chi connectivity index (χ1v) is 11.7. The van der Waals surface area contributed by atoms with Crippen LogP contribution >= 0.6 is 0 Å². The van der Waals surface area contributed by atoms with Crippen molar-refractivity contribution < 1.29 is 9.42 Å². The Labute approximate surface area is 201 Å². The number of aromatic nitrogens is 5. The fourth-order valence-electron chi connectivity index (χ4n) is 4.59. The van der Waals surface area contributed by atoms with Gasteiger partial charge in [-0.15, -0.1) is 5.10 Å². The van der Waals surface area contributed by atoms with E-state index in [4.69, 9.17) is 10.4 Å². The predicted molar refractivity (Wildman–Crippen MR) is 131 cm³/mol. The first-order chi connectivity index (χ1) is 17.1. The molecule has 0 unspecified atom stereocenters. The Morgan fingerprint density at radius 3 is 2.80 bits per heavy atom. The monoisotopic (exact) mass is 473 g/mol. The smallest absolute Gasteiger partial charge is 0.293 e. The van der Waals surface area contributed by atoms with Crippen molar-refractivity contribution >= 4 is 28.7 Å². The van der Waals surface area contributed by atoms with Crippen LogP contribution < -0.4 is 11.2 Å². The van der Waals surface area contributed by atoms with Crippen molar-refractivity contribution in [2.45, 2.75) is 44.7 Å². The molecule has 0 saturated heterocycles. The standard InChI is InChI=1S/C24H27N9O2/c1-32(18-11-3-2-4-12-18)15-20-21(27-31-33(20)23-22(25)29-35-30-23)24(34)28-26-14-17-10-7-9-16-8-5-6-13-19(16)17/h5-10,13-14,18H,2-4,11-12,15H2,1H3,(H2,25,29)(H,28,34). The third-order valence-corrected chi connectivity index (χ3v) is 6.46. The number of carbonyl (C=O) groups is 1. The van der Waals surface area contributed by atoms with Crippen LogP contribution in [0, 0.1) is 0 Å². The molecule has 0 spiro atoms. The fraction of sp³-hybridized carbons (Fsp3) is 0.333. The Morgan fingerprint density at radius 1 is 1.20 bits per heavy atom. The second kappa shape index (κ2) is 10.0. The van der Waals surface area contributed by atoms with Gasteiger partial charge in [-0.1, -0.05) is 66.9 Å². The molecule has 0 aliphatic heterocycles. The maximum atomic E-state index is 13.1. The van der Waals surface area contributed by atoms with Crippen molar-refractivity contribution in [3.8, 4) is 5.82 Å². The molecular weight excluding hydrogens is 446 g/mol. The van der Waals surface area contributed by atoms with Crippen molar-refractivity contribution in [2.75, 3.05) is 12.8 Å². The van der Waals surface area contributed by atoms with Crippen LogP contribution in [0.2, 0.25) is 0 Å². The summed E-state index contributed by atoms with van der Waals surface area (Å²) in [5.74, 6) is -0.213. The molecule has 2 heterocycles. The second-order valence-corrected chi connectivity index (χ2v) is 8.74. The molecule has 0 bridgehead atoms. The number of nitrogens with two attached hydrogens (primary N) is 1. The lowest BCUT2D eigenvalue weighted by Gasteiger charge is -2.31.